The first-order valence-corrected chi connectivity index (χ1v) is 6.84. The summed E-state index contributed by atoms with van der Waals surface area (Å²) in [4.78, 5) is 26.2. The van der Waals surface area contributed by atoms with E-state index in [4.69, 9.17) is 5.11 Å². The van der Waals surface area contributed by atoms with E-state index in [2.05, 4.69) is 4.98 Å². The van der Waals surface area contributed by atoms with Crippen molar-refractivity contribution in [3.63, 3.8) is 0 Å². The summed E-state index contributed by atoms with van der Waals surface area (Å²) < 4.78 is 1.70. The van der Waals surface area contributed by atoms with E-state index in [9.17, 15) is 14.9 Å². The van der Waals surface area contributed by atoms with Crippen LogP contribution < -0.4 is 0 Å². The normalized spacial score (nSPS) is 10.9. The summed E-state index contributed by atoms with van der Waals surface area (Å²) in [5.41, 5.74) is 1.83. The summed E-state index contributed by atoms with van der Waals surface area (Å²) >= 11 is 1.34. The van der Waals surface area contributed by atoms with Crippen molar-refractivity contribution in [3.05, 3.63) is 51.7 Å². The third kappa shape index (κ3) is 2.48. The molecule has 0 spiro atoms. The quantitative estimate of drug-likeness (QED) is 0.590. The zero-order chi connectivity index (χ0) is 15.0. The van der Waals surface area contributed by atoms with Crippen LogP contribution in [-0.4, -0.2) is 25.4 Å². The number of thiazole rings is 1. The van der Waals surface area contributed by atoms with Crippen LogP contribution >= 0.6 is 11.3 Å². The molecular formula is C13H9N3O4S. The number of rotatable bonds is 4. The number of non-ortho nitro benzene ring substituents is 1. The van der Waals surface area contributed by atoms with Crippen molar-refractivity contribution in [1.29, 1.82) is 0 Å². The van der Waals surface area contributed by atoms with Gasteiger partial charge < -0.3 is 5.11 Å². The summed E-state index contributed by atoms with van der Waals surface area (Å²) in [7, 11) is 0. The highest BCUT2D eigenvalue weighted by Gasteiger charge is 2.13. The van der Waals surface area contributed by atoms with Gasteiger partial charge in [0.15, 0.2) is 4.96 Å². The van der Waals surface area contributed by atoms with Crippen LogP contribution in [0.2, 0.25) is 0 Å². The first-order chi connectivity index (χ1) is 10.0. The van der Waals surface area contributed by atoms with Crippen LogP contribution in [-0.2, 0) is 11.2 Å². The zero-order valence-electron chi connectivity index (χ0n) is 10.6. The van der Waals surface area contributed by atoms with Crippen molar-refractivity contribution in [2.24, 2.45) is 0 Å². The first kappa shape index (κ1) is 13.3. The third-order valence-electron chi connectivity index (χ3n) is 2.97. The number of nitro groups is 1. The Morgan fingerprint density at radius 3 is 3.00 bits per heavy atom. The summed E-state index contributed by atoms with van der Waals surface area (Å²) in [5, 5.41) is 21.4. The van der Waals surface area contributed by atoms with Gasteiger partial charge in [0.25, 0.3) is 5.69 Å². The Labute approximate surface area is 122 Å². The van der Waals surface area contributed by atoms with Gasteiger partial charge in [-0.2, -0.15) is 0 Å². The molecule has 1 N–H and O–H groups in total. The summed E-state index contributed by atoms with van der Waals surface area (Å²) in [5.74, 6) is -0.916. The van der Waals surface area contributed by atoms with Crippen molar-refractivity contribution in [2.75, 3.05) is 0 Å². The number of nitrogens with zero attached hydrogens (tertiary/aromatic N) is 3. The average molecular weight is 303 g/mol. The highest BCUT2D eigenvalue weighted by Crippen LogP contribution is 2.26. The van der Waals surface area contributed by atoms with E-state index in [-0.39, 0.29) is 12.1 Å². The van der Waals surface area contributed by atoms with Crippen molar-refractivity contribution in [2.45, 2.75) is 6.42 Å². The van der Waals surface area contributed by atoms with Gasteiger partial charge in [-0.25, -0.2) is 4.98 Å². The number of nitro benzene ring substituents is 1. The second kappa shape index (κ2) is 4.98. The summed E-state index contributed by atoms with van der Waals surface area (Å²) in [6, 6.07) is 6.19. The minimum atomic E-state index is -0.916. The number of hydrogen-bond donors (Lipinski definition) is 1. The van der Waals surface area contributed by atoms with Crippen LogP contribution in [0.3, 0.4) is 0 Å². The predicted octanol–water partition coefficient (Wildman–Crippen LogP) is 2.60. The number of imidazole rings is 1. The molecule has 0 fully saturated rings. The van der Waals surface area contributed by atoms with E-state index < -0.39 is 10.9 Å². The lowest BCUT2D eigenvalue weighted by atomic mass is 10.1. The molecule has 0 unspecified atom stereocenters. The molecule has 21 heavy (non-hydrogen) atoms. The van der Waals surface area contributed by atoms with E-state index in [1.165, 1.54) is 23.5 Å². The second-order valence-corrected chi connectivity index (χ2v) is 5.22. The van der Waals surface area contributed by atoms with E-state index >= 15 is 0 Å². The molecule has 2 heterocycles. The highest BCUT2D eigenvalue weighted by atomic mass is 32.1. The maximum atomic E-state index is 10.8. The molecule has 3 aromatic rings. The Hall–Kier alpha value is -2.74. The molecule has 7 nitrogen and oxygen atoms in total. The number of aliphatic carboxylic acids is 1. The molecule has 0 aliphatic rings. The van der Waals surface area contributed by atoms with Crippen molar-refractivity contribution in [3.8, 4) is 11.3 Å². The standard InChI is InChI=1S/C13H9N3O4S/c17-12(18)5-10-7-21-13-14-11(6-15(10)13)8-2-1-3-9(4-8)16(19)20/h1-4,6-7H,5H2,(H,17,18). The Morgan fingerprint density at radius 1 is 1.48 bits per heavy atom. The first-order valence-electron chi connectivity index (χ1n) is 5.96. The van der Waals surface area contributed by atoms with Crippen LogP contribution in [0, 0.1) is 10.1 Å². The van der Waals surface area contributed by atoms with Crippen LogP contribution in [0.25, 0.3) is 16.2 Å². The number of carboxylic acid groups (broad SMARTS) is 1. The Bertz CT molecular complexity index is 852. The fourth-order valence-corrected chi connectivity index (χ4v) is 2.90. The lowest BCUT2D eigenvalue weighted by Gasteiger charge is -1.96. The fourth-order valence-electron chi connectivity index (χ4n) is 2.03. The van der Waals surface area contributed by atoms with Gasteiger partial charge in [0.05, 0.1) is 17.0 Å². The number of aromatic nitrogens is 2. The van der Waals surface area contributed by atoms with E-state index in [1.54, 1.807) is 28.1 Å². The molecule has 8 heteroatoms. The van der Waals surface area contributed by atoms with Gasteiger partial charge in [-0.15, -0.1) is 11.3 Å². The molecule has 2 aromatic heterocycles. The number of fused-ring (bicyclic) bond motifs is 1. The molecule has 0 atom stereocenters. The van der Waals surface area contributed by atoms with Crippen molar-refractivity contribution < 1.29 is 14.8 Å². The van der Waals surface area contributed by atoms with Crippen LogP contribution in [0.5, 0.6) is 0 Å². The van der Waals surface area contributed by atoms with E-state index in [1.807, 2.05) is 0 Å². The molecule has 0 aliphatic carbocycles. The van der Waals surface area contributed by atoms with Crippen LogP contribution in [0.4, 0.5) is 5.69 Å². The van der Waals surface area contributed by atoms with Crippen molar-refractivity contribution in [1.82, 2.24) is 9.38 Å². The van der Waals surface area contributed by atoms with Gasteiger partial charge in [0, 0.05) is 35.0 Å². The maximum Gasteiger partial charge on any atom is 0.309 e. The molecule has 0 amide bonds. The van der Waals surface area contributed by atoms with Gasteiger partial charge in [-0.1, -0.05) is 12.1 Å². The Balaban J connectivity index is 2.05. The fraction of sp³-hybridized carbons (Fsp3) is 0.0769. The van der Waals surface area contributed by atoms with Gasteiger partial charge in [0.1, 0.15) is 0 Å². The zero-order valence-corrected chi connectivity index (χ0v) is 11.4. The number of carbonyl (C=O) groups is 1. The monoisotopic (exact) mass is 303 g/mol. The SMILES string of the molecule is O=C(O)Cc1csc2nc(-c3cccc([N+](=O)[O-])c3)cn12. The summed E-state index contributed by atoms with van der Waals surface area (Å²) in [6.45, 7) is 0. The molecule has 0 aliphatic heterocycles. The molecule has 3 rings (SSSR count). The van der Waals surface area contributed by atoms with Crippen LogP contribution in [0.15, 0.2) is 35.8 Å². The lowest BCUT2D eigenvalue weighted by Crippen LogP contribution is -2.02. The third-order valence-corrected chi connectivity index (χ3v) is 3.86. The van der Waals surface area contributed by atoms with Gasteiger partial charge in [-0.05, 0) is 0 Å². The minimum Gasteiger partial charge on any atom is -0.481 e. The smallest absolute Gasteiger partial charge is 0.309 e. The van der Waals surface area contributed by atoms with E-state index in [0.29, 0.717) is 21.9 Å². The maximum absolute atomic E-state index is 10.8. The van der Waals surface area contributed by atoms with Crippen molar-refractivity contribution >= 4 is 28.0 Å². The average Bonchev–Trinajstić information content (AvgIpc) is 3.00. The Kier molecular flexibility index (Phi) is 3.15. The minimum absolute atomic E-state index is 0.00499. The molecular weight excluding hydrogens is 294 g/mol. The van der Waals surface area contributed by atoms with Gasteiger partial charge in [0.2, 0.25) is 0 Å². The summed E-state index contributed by atoms with van der Waals surface area (Å²) in [6.07, 6.45) is 1.61. The second-order valence-electron chi connectivity index (χ2n) is 4.38. The van der Waals surface area contributed by atoms with Gasteiger partial charge in [-0.3, -0.25) is 19.3 Å². The van der Waals surface area contributed by atoms with Crippen LogP contribution in [0.1, 0.15) is 5.69 Å². The number of carboxylic acids is 1. The molecule has 0 radical (unpaired) electrons. The molecule has 1 aromatic carbocycles. The number of benzene rings is 1. The van der Waals surface area contributed by atoms with Gasteiger partial charge >= 0.3 is 5.97 Å². The molecule has 0 saturated heterocycles. The molecule has 0 saturated carbocycles. The Morgan fingerprint density at radius 2 is 2.29 bits per heavy atom. The molecule has 0 bridgehead atoms. The number of hydrogen-bond acceptors (Lipinski definition) is 5. The van der Waals surface area contributed by atoms with E-state index in [0.717, 1.165) is 0 Å². The molecule has 106 valence electrons. The predicted molar refractivity (Wildman–Crippen MR) is 76.5 cm³/mol. The highest BCUT2D eigenvalue weighted by molar-refractivity contribution is 7.15. The lowest BCUT2D eigenvalue weighted by molar-refractivity contribution is -0.384. The largest absolute Gasteiger partial charge is 0.481 e. The topological polar surface area (TPSA) is 97.7 Å².